The van der Waals surface area contributed by atoms with Crippen LogP contribution in [0.2, 0.25) is 5.02 Å². The third kappa shape index (κ3) is 3.06. The molecule has 0 aromatic heterocycles. The van der Waals surface area contributed by atoms with Crippen LogP contribution >= 0.6 is 11.6 Å². The first-order valence-corrected chi connectivity index (χ1v) is 6.90. The quantitative estimate of drug-likeness (QED) is 0.893. The Morgan fingerprint density at radius 2 is 2.05 bits per heavy atom. The Kier molecular flexibility index (Phi) is 4.86. The van der Waals surface area contributed by atoms with Crippen LogP contribution in [0.4, 0.5) is 5.69 Å². The van der Waals surface area contributed by atoms with Crippen molar-refractivity contribution >= 4 is 23.2 Å². The van der Waals surface area contributed by atoms with Crippen LogP contribution in [0.5, 0.6) is 5.75 Å². The van der Waals surface area contributed by atoms with E-state index in [1.807, 2.05) is 0 Å². The number of nitrogens with one attached hydrogen (secondary N) is 2. The molecule has 1 aromatic carbocycles. The first-order chi connectivity index (χ1) is 9.61. The van der Waals surface area contributed by atoms with E-state index in [0.717, 1.165) is 13.1 Å². The van der Waals surface area contributed by atoms with E-state index in [1.54, 1.807) is 32.4 Å². The van der Waals surface area contributed by atoms with Crippen molar-refractivity contribution in [2.24, 2.45) is 0 Å². The van der Waals surface area contributed by atoms with Gasteiger partial charge in [0.1, 0.15) is 11.4 Å². The van der Waals surface area contributed by atoms with Gasteiger partial charge in [0.2, 0.25) is 0 Å². The van der Waals surface area contributed by atoms with Crippen LogP contribution < -0.4 is 15.4 Å². The van der Waals surface area contributed by atoms with Crippen LogP contribution in [-0.2, 0) is 9.53 Å². The molecule has 5 nitrogen and oxygen atoms in total. The molecule has 20 heavy (non-hydrogen) atoms. The van der Waals surface area contributed by atoms with E-state index in [9.17, 15) is 4.79 Å². The molecule has 1 aliphatic rings. The average molecular weight is 299 g/mol. The van der Waals surface area contributed by atoms with Crippen LogP contribution in [0.3, 0.4) is 0 Å². The SMILES string of the molecule is COc1ccc(NC(=O)C2(OC)CCNCC2)cc1Cl. The molecule has 2 N–H and O–H groups in total. The van der Waals surface area contributed by atoms with Crippen LogP contribution in [-0.4, -0.2) is 38.8 Å². The highest BCUT2D eigenvalue weighted by atomic mass is 35.5. The molecule has 0 bridgehead atoms. The van der Waals surface area contributed by atoms with Crippen LogP contribution in [0.1, 0.15) is 12.8 Å². The van der Waals surface area contributed by atoms with Crippen LogP contribution in [0.25, 0.3) is 0 Å². The van der Waals surface area contributed by atoms with E-state index in [4.69, 9.17) is 21.1 Å². The predicted octanol–water partition coefficient (Wildman–Crippen LogP) is 2.06. The van der Waals surface area contributed by atoms with E-state index < -0.39 is 5.60 Å². The summed E-state index contributed by atoms with van der Waals surface area (Å²) in [6.45, 7) is 1.54. The molecule has 6 heteroatoms. The molecule has 0 unspecified atom stereocenters. The number of benzene rings is 1. The Balaban J connectivity index is 2.12. The second kappa shape index (κ2) is 6.43. The van der Waals surface area contributed by atoms with Crippen molar-refractivity contribution in [1.29, 1.82) is 0 Å². The molecule has 1 amide bonds. The molecular weight excluding hydrogens is 280 g/mol. The van der Waals surface area contributed by atoms with Crippen molar-refractivity contribution in [3.8, 4) is 5.75 Å². The number of carbonyl (C=O) groups excluding carboxylic acids is 1. The lowest BCUT2D eigenvalue weighted by Gasteiger charge is -2.34. The molecule has 1 aromatic rings. The standard InChI is InChI=1S/C14H19ClN2O3/c1-19-12-4-3-10(9-11(12)15)17-13(18)14(20-2)5-7-16-8-6-14/h3-4,9,16H,5-8H2,1-2H3,(H,17,18). The Hall–Kier alpha value is -1.30. The van der Waals surface area contributed by atoms with Crippen molar-refractivity contribution in [1.82, 2.24) is 5.32 Å². The number of hydrogen-bond acceptors (Lipinski definition) is 4. The van der Waals surface area contributed by atoms with Gasteiger partial charge in [0.05, 0.1) is 12.1 Å². The molecule has 1 heterocycles. The molecule has 1 aliphatic heterocycles. The van der Waals surface area contributed by atoms with Gasteiger partial charge in [0, 0.05) is 12.8 Å². The Bertz CT molecular complexity index is 487. The molecule has 110 valence electrons. The van der Waals surface area contributed by atoms with Gasteiger partial charge in [-0.15, -0.1) is 0 Å². The zero-order chi connectivity index (χ0) is 14.6. The minimum Gasteiger partial charge on any atom is -0.495 e. The number of amides is 1. The topological polar surface area (TPSA) is 59.6 Å². The van der Waals surface area contributed by atoms with Gasteiger partial charge >= 0.3 is 0 Å². The maximum absolute atomic E-state index is 12.4. The summed E-state index contributed by atoms with van der Waals surface area (Å²) in [6.07, 6.45) is 1.30. The van der Waals surface area contributed by atoms with E-state index in [2.05, 4.69) is 10.6 Å². The zero-order valence-electron chi connectivity index (χ0n) is 11.7. The molecule has 0 aliphatic carbocycles. The number of rotatable bonds is 4. The lowest BCUT2D eigenvalue weighted by molar-refractivity contribution is -0.140. The fourth-order valence-corrected chi connectivity index (χ4v) is 2.60. The van der Waals surface area contributed by atoms with Crippen LogP contribution in [0, 0.1) is 0 Å². The first-order valence-electron chi connectivity index (χ1n) is 6.52. The van der Waals surface area contributed by atoms with Gasteiger partial charge in [-0.25, -0.2) is 0 Å². The second-order valence-corrected chi connectivity index (χ2v) is 5.16. The fourth-order valence-electron chi connectivity index (χ4n) is 2.34. The first kappa shape index (κ1) is 15.1. The van der Waals surface area contributed by atoms with Crippen molar-refractivity contribution in [3.05, 3.63) is 23.2 Å². The average Bonchev–Trinajstić information content (AvgIpc) is 2.48. The van der Waals surface area contributed by atoms with E-state index in [1.165, 1.54) is 0 Å². The van der Waals surface area contributed by atoms with Crippen LogP contribution in [0.15, 0.2) is 18.2 Å². The van der Waals surface area contributed by atoms with E-state index >= 15 is 0 Å². The van der Waals surface area contributed by atoms with Gasteiger partial charge in [-0.2, -0.15) is 0 Å². The maximum Gasteiger partial charge on any atom is 0.256 e. The van der Waals surface area contributed by atoms with Gasteiger partial charge < -0.3 is 20.1 Å². The predicted molar refractivity (Wildman–Crippen MR) is 78.5 cm³/mol. The highest BCUT2D eigenvalue weighted by Crippen LogP contribution is 2.29. The number of halogens is 1. The summed E-state index contributed by atoms with van der Waals surface area (Å²) in [6, 6.07) is 5.15. The van der Waals surface area contributed by atoms with Gasteiger partial charge in [-0.3, -0.25) is 4.79 Å². The van der Waals surface area contributed by atoms with Gasteiger partial charge in [0.25, 0.3) is 5.91 Å². The lowest BCUT2D eigenvalue weighted by Crippen LogP contribution is -2.51. The molecule has 0 radical (unpaired) electrons. The highest BCUT2D eigenvalue weighted by molar-refractivity contribution is 6.32. The largest absolute Gasteiger partial charge is 0.495 e. The molecule has 1 fully saturated rings. The summed E-state index contributed by atoms with van der Waals surface area (Å²) >= 11 is 6.05. The number of anilines is 1. The Labute approximate surface area is 123 Å². The smallest absolute Gasteiger partial charge is 0.256 e. The van der Waals surface area contributed by atoms with E-state index in [-0.39, 0.29) is 5.91 Å². The minimum atomic E-state index is -0.766. The third-order valence-corrected chi connectivity index (χ3v) is 3.92. The maximum atomic E-state index is 12.4. The van der Waals surface area contributed by atoms with Crippen molar-refractivity contribution in [3.63, 3.8) is 0 Å². The number of methoxy groups -OCH3 is 2. The normalized spacial score (nSPS) is 17.6. The summed E-state index contributed by atoms with van der Waals surface area (Å²) in [5, 5.41) is 6.54. The number of ether oxygens (including phenoxy) is 2. The minimum absolute atomic E-state index is 0.136. The summed E-state index contributed by atoms with van der Waals surface area (Å²) < 4.78 is 10.6. The molecular formula is C14H19ClN2O3. The number of piperidine rings is 1. The molecule has 0 spiro atoms. The van der Waals surface area contributed by atoms with Crippen molar-refractivity contribution < 1.29 is 14.3 Å². The molecule has 0 atom stereocenters. The summed E-state index contributed by atoms with van der Waals surface area (Å²) in [4.78, 5) is 12.4. The number of hydrogen-bond donors (Lipinski definition) is 2. The third-order valence-electron chi connectivity index (χ3n) is 3.63. The Morgan fingerprint density at radius 1 is 1.35 bits per heavy atom. The molecule has 1 saturated heterocycles. The fraction of sp³-hybridized carbons (Fsp3) is 0.500. The molecule has 2 rings (SSSR count). The zero-order valence-corrected chi connectivity index (χ0v) is 12.4. The van der Waals surface area contributed by atoms with Crippen molar-refractivity contribution in [2.45, 2.75) is 18.4 Å². The Morgan fingerprint density at radius 3 is 2.60 bits per heavy atom. The van der Waals surface area contributed by atoms with Gasteiger partial charge in [-0.05, 0) is 44.1 Å². The van der Waals surface area contributed by atoms with E-state index in [0.29, 0.717) is 29.3 Å². The number of carbonyl (C=O) groups is 1. The molecule has 0 saturated carbocycles. The van der Waals surface area contributed by atoms with Gasteiger partial charge in [-0.1, -0.05) is 11.6 Å². The van der Waals surface area contributed by atoms with Gasteiger partial charge in [0.15, 0.2) is 0 Å². The summed E-state index contributed by atoms with van der Waals surface area (Å²) in [7, 11) is 3.13. The van der Waals surface area contributed by atoms with Crippen molar-refractivity contribution in [2.75, 3.05) is 32.6 Å². The highest BCUT2D eigenvalue weighted by Gasteiger charge is 2.39. The second-order valence-electron chi connectivity index (χ2n) is 4.75. The summed E-state index contributed by atoms with van der Waals surface area (Å²) in [5.41, 5.74) is -0.131. The lowest BCUT2D eigenvalue weighted by atomic mass is 9.91. The summed E-state index contributed by atoms with van der Waals surface area (Å²) in [5.74, 6) is 0.440. The monoisotopic (exact) mass is 298 g/mol.